The van der Waals surface area contributed by atoms with Crippen LogP contribution in [0.3, 0.4) is 0 Å². The number of hydrogen-bond acceptors (Lipinski definition) is 5. The fourth-order valence-corrected chi connectivity index (χ4v) is 2.17. The average Bonchev–Trinajstić information content (AvgIpc) is 2.57. The smallest absolute Gasteiger partial charge is 0.262 e. The van der Waals surface area contributed by atoms with Crippen molar-refractivity contribution in [3.05, 3.63) is 29.8 Å². The van der Waals surface area contributed by atoms with Crippen molar-refractivity contribution < 1.29 is 19.0 Å². The first-order valence-electron chi connectivity index (χ1n) is 7.26. The number of ether oxygens (including phenoxy) is 3. The summed E-state index contributed by atoms with van der Waals surface area (Å²) in [6, 6.07) is 5.44. The number of hydrazine groups is 1. The number of thiocarbonyl (C=S) groups is 1. The Kier molecular flexibility index (Phi) is 8.59. The molecule has 0 aliphatic carbocycles. The Hall–Kier alpha value is -2.32. The van der Waals surface area contributed by atoms with E-state index in [0.29, 0.717) is 23.2 Å². The van der Waals surface area contributed by atoms with Gasteiger partial charge in [-0.3, -0.25) is 15.6 Å². The van der Waals surface area contributed by atoms with Gasteiger partial charge in [-0.2, -0.15) is 0 Å². The van der Waals surface area contributed by atoms with Crippen LogP contribution in [-0.2, 0) is 9.53 Å². The molecule has 0 bridgehead atoms. The maximum atomic E-state index is 11.8. The van der Waals surface area contributed by atoms with Crippen molar-refractivity contribution in [2.45, 2.75) is 13.0 Å². The highest BCUT2D eigenvalue weighted by Crippen LogP contribution is 2.31. The van der Waals surface area contributed by atoms with Crippen LogP contribution in [0.25, 0.3) is 6.08 Å². The van der Waals surface area contributed by atoms with Crippen molar-refractivity contribution in [1.82, 2.24) is 16.2 Å². The topological polar surface area (TPSA) is 80.9 Å². The molecule has 1 amide bonds. The van der Waals surface area contributed by atoms with Crippen LogP contribution in [-0.4, -0.2) is 45.0 Å². The number of carbonyl (C=O) groups is 1. The van der Waals surface area contributed by atoms with Gasteiger partial charge in [-0.05, 0) is 31.3 Å². The molecule has 0 spiro atoms. The molecule has 7 nitrogen and oxygen atoms in total. The number of methoxy groups -OCH3 is 3. The van der Waals surface area contributed by atoms with Crippen LogP contribution in [0.15, 0.2) is 24.3 Å². The van der Waals surface area contributed by atoms with E-state index in [2.05, 4.69) is 16.2 Å². The van der Waals surface area contributed by atoms with Gasteiger partial charge in [-0.25, -0.2) is 0 Å². The van der Waals surface area contributed by atoms with Gasteiger partial charge in [-0.1, -0.05) is 12.1 Å². The highest BCUT2D eigenvalue weighted by Gasteiger charge is 2.07. The maximum absolute atomic E-state index is 11.8. The maximum Gasteiger partial charge on any atom is 0.262 e. The number of rotatable bonds is 7. The fourth-order valence-electron chi connectivity index (χ4n) is 1.92. The molecule has 1 rings (SSSR count). The van der Waals surface area contributed by atoms with Gasteiger partial charge in [0.15, 0.2) is 16.6 Å². The molecule has 0 aliphatic rings. The van der Waals surface area contributed by atoms with E-state index in [1.54, 1.807) is 33.5 Å². The summed E-state index contributed by atoms with van der Waals surface area (Å²) in [4.78, 5) is 11.8. The lowest BCUT2D eigenvalue weighted by molar-refractivity contribution is -0.116. The number of amides is 1. The first kappa shape index (κ1) is 19.7. The van der Waals surface area contributed by atoms with Gasteiger partial charge in [0.25, 0.3) is 5.91 Å². The highest BCUT2D eigenvalue weighted by molar-refractivity contribution is 7.80. The number of para-hydroxylation sites is 1. The average molecular weight is 353 g/mol. The lowest BCUT2D eigenvalue weighted by Crippen LogP contribution is -2.49. The number of benzene rings is 1. The predicted molar refractivity (Wildman–Crippen MR) is 96.9 cm³/mol. The molecule has 1 aromatic carbocycles. The van der Waals surface area contributed by atoms with Gasteiger partial charge < -0.3 is 19.5 Å². The van der Waals surface area contributed by atoms with E-state index >= 15 is 0 Å². The molecule has 0 saturated carbocycles. The van der Waals surface area contributed by atoms with E-state index in [1.165, 1.54) is 6.08 Å². The van der Waals surface area contributed by atoms with Crippen molar-refractivity contribution in [1.29, 1.82) is 0 Å². The molecule has 132 valence electrons. The molecular weight excluding hydrogens is 330 g/mol. The third-order valence-electron chi connectivity index (χ3n) is 2.94. The van der Waals surface area contributed by atoms with E-state index in [-0.39, 0.29) is 11.9 Å². The first-order chi connectivity index (χ1) is 11.5. The Labute approximate surface area is 147 Å². The van der Waals surface area contributed by atoms with E-state index in [1.807, 2.05) is 19.1 Å². The zero-order valence-corrected chi connectivity index (χ0v) is 15.0. The number of nitrogens with one attached hydrogen (secondary N) is 3. The molecule has 8 heteroatoms. The molecule has 24 heavy (non-hydrogen) atoms. The summed E-state index contributed by atoms with van der Waals surface area (Å²) in [5.41, 5.74) is 5.81. The molecule has 0 aromatic heterocycles. The summed E-state index contributed by atoms with van der Waals surface area (Å²) in [7, 11) is 4.71. The minimum atomic E-state index is -0.358. The summed E-state index contributed by atoms with van der Waals surface area (Å²) in [6.45, 7) is 2.42. The highest BCUT2D eigenvalue weighted by atomic mass is 32.1. The lowest BCUT2D eigenvalue weighted by Gasteiger charge is -2.16. The van der Waals surface area contributed by atoms with Crippen LogP contribution in [0.4, 0.5) is 0 Å². The van der Waals surface area contributed by atoms with Gasteiger partial charge in [0.1, 0.15) is 0 Å². The zero-order valence-electron chi connectivity index (χ0n) is 14.2. The molecule has 0 aliphatic heterocycles. The largest absolute Gasteiger partial charge is 0.493 e. The fraction of sp³-hybridized carbons (Fsp3) is 0.375. The summed E-state index contributed by atoms with van der Waals surface area (Å²) in [5.74, 6) is 0.793. The monoisotopic (exact) mass is 353 g/mol. The van der Waals surface area contributed by atoms with Crippen LogP contribution >= 0.6 is 12.2 Å². The van der Waals surface area contributed by atoms with E-state index in [9.17, 15) is 4.79 Å². The Morgan fingerprint density at radius 2 is 2.00 bits per heavy atom. The Morgan fingerprint density at radius 3 is 2.62 bits per heavy atom. The van der Waals surface area contributed by atoms with Gasteiger partial charge in [0.2, 0.25) is 0 Å². The molecule has 3 N–H and O–H groups in total. The van der Waals surface area contributed by atoms with Crippen LogP contribution in [0.1, 0.15) is 12.5 Å². The zero-order chi connectivity index (χ0) is 17.9. The molecule has 0 heterocycles. The molecule has 1 atom stereocenters. The number of carbonyl (C=O) groups excluding carboxylic acids is 1. The van der Waals surface area contributed by atoms with E-state index < -0.39 is 0 Å². The molecule has 0 unspecified atom stereocenters. The van der Waals surface area contributed by atoms with Gasteiger partial charge >= 0.3 is 0 Å². The summed E-state index contributed by atoms with van der Waals surface area (Å²) < 4.78 is 15.5. The minimum Gasteiger partial charge on any atom is -0.493 e. The third kappa shape index (κ3) is 6.43. The number of hydrogen-bond donors (Lipinski definition) is 3. The van der Waals surface area contributed by atoms with Crippen molar-refractivity contribution in [2.24, 2.45) is 0 Å². The second-order valence-corrected chi connectivity index (χ2v) is 5.27. The van der Waals surface area contributed by atoms with Gasteiger partial charge in [-0.15, -0.1) is 0 Å². The summed E-state index contributed by atoms with van der Waals surface area (Å²) >= 11 is 5.06. The second-order valence-electron chi connectivity index (χ2n) is 4.86. The molecule has 0 saturated heterocycles. The predicted octanol–water partition coefficient (Wildman–Crippen LogP) is 1.25. The summed E-state index contributed by atoms with van der Waals surface area (Å²) in [5, 5.41) is 3.27. The lowest BCUT2D eigenvalue weighted by atomic mass is 10.1. The van der Waals surface area contributed by atoms with Crippen molar-refractivity contribution in [2.75, 3.05) is 27.9 Å². The standard InChI is InChI=1S/C16H23N3O4S/c1-11(10-21-2)17-16(24)19-18-14(20)9-8-12-6-5-7-13(22-3)15(12)23-4/h5-9,11H,10H2,1-4H3,(H,18,20)(H2,17,19,24)/b9-8+/t11-/m0/s1. The Bertz CT molecular complexity index is 593. The normalized spacial score (nSPS) is 11.7. The quantitative estimate of drug-likeness (QED) is 0.387. The van der Waals surface area contributed by atoms with Gasteiger partial charge in [0.05, 0.1) is 20.8 Å². The van der Waals surface area contributed by atoms with Crippen molar-refractivity contribution in [3.8, 4) is 11.5 Å². The van der Waals surface area contributed by atoms with Crippen molar-refractivity contribution >= 4 is 29.3 Å². The second kappa shape index (κ2) is 10.5. The third-order valence-corrected chi connectivity index (χ3v) is 3.16. The SMILES string of the molecule is COC[C@H](C)NC(=S)NNC(=O)/C=C/c1cccc(OC)c1OC. The minimum absolute atomic E-state index is 0.0310. The molecule has 1 aromatic rings. The van der Waals surface area contributed by atoms with Crippen LogP contribution in [0.5, 0.6) is 11.5 Å². The van der Waals surface area contributed by atoms with Crippen LogP contribution < -0.4 is 25.6 Å². The molecule has 0 fully saturated rings. The Morgan fingerprint density at radius 1 is 1.25 bits per heavy atom. The molecular formula is C16H23N3O4S. The van der Waals surface area contributed by atoms with E-state index in [4.69, 9.17) is 26.4 Å². The first-order valence-corrected chi connectivity index (χ1v) is 7.67. The van der Waals surface area contributed by atoms with E-state index in [0.717, 1.165) is 5.56 Å². The Balaban J connectivity index is 2.56. The summed E-state index contributed by atoms with van der Waals surface area (Å²) in [6.07, 6.45) is 2.99. The van der Waals surface area contributed by atoms with Gasteiger partial charge in [0, 0.05) is 24.8 Å². The van der Waals surface area contributed by atoms with Crippen LogP contribution in [0, 0.1) is 0 Å². The molecule has 0 radical (unpaired) electrons. The van der Waals surface area contributed by atoms with Crippen LogP contribution in [0.2, 0.25) is 0 Å². The van der Waals surface area contributed by atoms with Crippen molar-refractivity contribution in [3.63, 3.8) is 0 Å².